The van der Waals surface area contributed by atoms with Gasteiger partial charge in [-0.25, -0.2) is 9.78 Å². The molecule has 3 rings (SSSR count). The van der Waals surface area contributed by atoms with E-state index in [-0.39, 0.29) is 6.61 Å². The summed E-state index contributed by atoms with van der Waals surface area (Å²) in [5.41, 5.74) is 1.58. The lowest BCUT2D eigenvalue weighted by molar-refractivity contribution is -0.139. The molecule has 0 aliphatic heterocycles. The van der Waals surface area contributed by atoms with Crippen LogP contribution >= 0.6 is 0 Å². The van der Waals surface area contributed by atoms with Gasteiger partial charge in [0, 0.05) is 12.2 Å². The van der Waals surface area contributed by atoms with Crippen LogP contribution in [0.5, 0.6) is 11.5 Å². The Kier molecular flexibility index (Phi) is 8.70. The molecular weight excluding hydrogens is 463 g/mol. The van der Waals surface area contributed by atoms with Crippen LogP contribution in [0.25, 0.3) is 11.3 Å². The number of hydrogen-bond donors (Lipinski definition) is 1. The van der Waals surface area contributed by atoms with E-state index in [1.165, 1.54) is 12.1 Å². The first kappa shape index (κ1) is 26.0. The summed E-state index contributed by atoms with van der Waals surface area (Å²) in [4.78, 5) is 15.4. The summed E-state index contributed by atoms with van der Waals surface area (Å²) in [7, 11) is 0. The van der Waals surface area contributed by atoms with Crippen LogP contribution in [0.2, 0.25) is 0 Å². The van der Waals surface area contributed by atoms with Gasteiger partial charge in [0.05, 0.1) is 23.6 Å². The first-order chi connectivity index (χ1) is 16.7. The highest BCUT2D eigenvalue weighted by Crippen LogP contribution is 2.32. The van der Waals surface area contributed by atoms with E-state index in [4.69, 9.17) is 19.3 Å². The lowest BCUT2D eigenvalue weighted by Crippen LogP contribution is -2.17. The number of ether oxygens (including phenoxy) is 3. The minimum Gasteiger partial charge on any atom is -0.482 e. The molecule has 35 heavy (non-hydrogen) atoms. The molecule has 1 atom stereocenters. The van der Waals surface area contributed by atoms with E-state index < -0.39 is 30.4 Å². The van der Waals surface area contributed by atoms with E-state index in [0.29, 0.717) is 40.6 Å². The molecule has 0 amide bonds. The van der Waals surface area contributed by atoms with Crippen molar-refractivity contribution < 1.29 is 37.3 Å². The molecule has 2 aromatic carbocycles. The molecule has 0 aliphatic rings. The van der Waals surface area contributed by atoms with Gasteiger partial charge in [-0.1, -0.05) is 25.1 Å². The molecule has 3 aromatic rings. The van der Waals surface area contributed by atoms with Gasteiger partial charge < -0.3 is 19.3 Å². The van der Waals surface area contributed by atoms with E-state index >= 15 is 0 Å². The summed E-state index contributed by atoms with van der Waals surface area (Å²) in [6.45, 7) is 4.05. The number of carboxylic acids is 1. The number of hydrogen-bond acceptors (Lipinski definition) is 5. The van der Waals surface area contributed by atoms with Crippen molar-refractivity contribution in [1.82, 2.24) is 4.98 Å². The summed E-state index contributed by atoms with van der Waals surface area (Å²) in [5.74, 6) is -0.130. The average molecular weight is 489 g/mol. The van der Waals surface area contributed by atoms with E-state index in [0.717, 1.165) is 18.6 Å². The van der Waals surface area contributed by atoms with Crippen molar-refractivity contribution in [2.75, 3.05) is 19.8 Å². The molecule has 0 saturated heterocycles. The van der Waals surface area contributed by atoms with E-state index in [1.807, 2.05) is 6.92 Å². The van der Waals surface area contributed by atoms with Crippen molar-refractivity contribution in [1.29, 1.82) is 0 Å². The van der Waals surface area contributed by atoms with Crippen LogP contribution < -0.4 is 9.47 Å². The number of alkyl halides is 3. The molecule has 6 nitrogen and oxygen atoms in total. The second-order valence-electron chi connectivity index (χ2n) is 7.81. The molecule has 0 radical (unpaired) electrons. The highest BCUT2D eigenvalue weighted by Gasteiger charge is 2.30. The third-order valence-corrected chi connectivity index (χ3v) is 5.00. The van der Waals surface area contributed by atoms with Crippen molar-refractivity contribution in [3.8, 4) is 22.8 Å². The zero-order valence-corrected chi connectivity index (χ0v) is 19.3. The fraction of sp³-hybridized carbons (Fsp3) is 0.308. The van der Waals surface area contributed by atoms with E-state index in [2.05, 4.69) is 4.98 Å². The normalized spacial score (nSPS) is 12.3. The number of benzene rings is 2. The minimum atomic E-state index is -4.41. The summed E-state index contributed by atoms with van der Waals surface area (Å²) >= 11 is 0. The first-order valence-corrected chi connectivity index (χ1v) is 11.0. The van der Waals surface area contributed by atoms with Gasteiger partial charge in [-0.3, -0.25) is 0 Å². The van der Waals surface area contributed by atoms with Crippen molar-refractivity contribution in [2.24, 2.45) is 0 Å². The van der Waals surface area contributed by atoms with Gasteiger partial charge in [-0.2, -0.15) is 13.2 Å². The number of halogens is 3. The summed E-state index contributed by atoms with van der Waals surface area (Å²) in [6, 6.07) is 15.1. The first-order valence-electron chi connectivity index (χ1n) is 11.0. The highest BCUT2D eigenvalue weighted by atomic mass is 19.4. The highest BCUT2D eigenvalue weighted by molar-refractivity contribution is 5.68. The predicted molar refractivity (Wildman–Crippen MR) is 123 cm³/mol. The van der Waals surface area contributed by atoms with Crippen molar-refractivity contribution in [3.05, 3.63) is 77.5 Å². The summed E-state index contributed by atoms with van der Waals surface area (Å²) < 4.78 is 55.8. The Labute approximate surface area is 201 Å². The van der Waals surface area contributed by atoms with E-state index in [1.54, 1.807) is 43.3 Å². The zero-order valence-electron chi connectivity index (χ0n) is 19.3. The van der Waals surface area contributed by atoms with Gasteiger partial charge >= 0.3 is 12.1 Å². The molecule has 9 heteroatoms. The predicted octanol–water partition coefficient (Wildman–Crippen LogP) is 6.09. The number of aromatic nitrogens is 1. The van der Waals surface area contributed by atoms with Gasteiger partial charge in [0.2, 0.25) is 0 Å². The maximum absolute atomic E-state index is 12.9. The summed E-state index contributed by atoms with van der Waals surface area (Å²) in [5, 5.41) is 8.80. The Morgan fingerprint density at radius 3 is 2.46 bits per heavy atom. The van der Waals surface area contributed by atoms with Crippen LogP contribution in [0, 0.1) is 6.92 Å². The minimum absolute atomic E-state index is 0.216. The Balaban J connectivity index is 1.83. The molecule has 1 heterocycles. The lowest BCUT2D eigenvalue weighted by atomic mass is 10.1. The van der Waals surface area contributed by atoms with Crippen LogP contribution in [0.3, 0.4) is 0 Å². The fourth-order valence-corrected chi connectivity index (χ4v) is 3.30. The molecule has 0 spiro atoms. The molecule has 1 aromatic heterocycles. The van der Waals surface area contributed by atoms with Crippen molar-refractivity contribution in [2.45, 2.75) is 32.5 Å². The third kappa shape index (κ3) is 7.45. The Bertz CT molecular complexity index is 1130. The molecule has 1 N–H and O–H groups in total. The van der Waals surface area contributed by atoms with Gasteiger partial charge in [0.1, 0.15) is 11.5 Å². The SMILES string of the molecule is CCCOCC(Oc1ccc(OCC(=O)O)c(C)c1)c1cccc(-c2ccc(C(F)(F)F)cc2)n1. The average Bonchev–Trinajstić information content (AvgIpc) is 2.82. The number of carboxylic acid groups (broad SMARTS) is 1. The number of aliphatic carboxylic acids is 1. The summed E-state index contributed by atoms with van der Waals surface area (Å²) in [6.07, 6.45) is -4.17. The molecular formula is C26H26F3NO5. The second-order valence-corrected chi connectivity index (χ2v) is 7.81. The zero-order chi connectivity index (χ0) is 25.4. The van der Waals surface area contributed by atoms with Crippen LogP contribution in [-0.4, -0.2) is 35.9 Å². The van der Waals surface area contributed by atoms with Crippen molar-refractivity contribution in [3.63, 3.8) is 0 Å². The van der Waals surface area contributed by atoms with Crippen LogP contribution in [-0.2, 0) is 15.7 Å². The van der Waals surface area contributed by atoms with Crippen LogP contribution in [0.1, 0.15) is 36.3 Å². The number of aryl methyl sites for hydroxylation is 1. The molecule has 0 fully saturated rings. The van der Waals surface area contributed by atoms with E-state index in [9.17, 15) is 18.0 Å². The standard InChI is InChI=1S/C26H26F3NO5/c1-3-13-33-15-24(35-20-11-12-23(17(2)14-20)34-16-25(31)32)22-6-4-5-21(30-22)18-7-9-19(10-8-18)26(27,28)29/h4-12,14,24H,3,13,15-16H2,1-2H3,(H,31,32). The van der Waals surface area contributed by atoms with Gasteiger partial charge in [-0.05, 0) is 61.4 Å². The smallest absolute Gasteiger partial charge is 0.416 e. The molecule has 0 saturated carbocycles. The Hall–Kier alpha value is -3.59. The van der Waals surface area contributed by atoms with Crippen LogP contribution in [0.15, 0.2) is 60.7 Å². The van der Waals surface area contributed by atoms with Gasteiger partial charge in [-0.15, -0.1) is 0 Å². The molecule has 186 valence electrons. The quantitative estimate of drug-likeness (QED) is 0.329. The number of pyridine rings is 1. The van der Waals surface area contributed by atoms with Gasteiger partial charge in [0.15, 0.2) is 12.7 Å². The maximum atomic E-state index is 12.9. The molecule has 0 bridgehead atoms. The fourth-order valence-electron chi connectivity index (χ4n) is 3.30. The second kappa shape index (κ2) is 11.7. The Morgan fingerprint density at radius 1 is 1.09 bits per heavy atom. The number of carbonyl (C=O) groups is 1. The van der Waals surface area contributed by atoms with Crippen LogP contribution in [0.4, 0.5) is 13.2 Å². The lowest BCUT2D eigenvalue weighted by Gasteiger charge is -2.20. The molecule has 0 aliphatic carbocycles. The van der Waals surface area contributed by atoms with Gasteiger partial charge in [0.25, 0.3) is 0 Å². The third-order valence-electron chi connectivity index (χ3n) is 5.00. The number of nitrogens with zero attached hydrogens (tertiary/aromatic N) is 1. The monoisotopic (exact) mass is 489 g/mol. The van der Waals surface area contributed by atoms with Crippen molar-refractivity contribution >= 4 is 5.97 Å². The largest absolute Gasteiger partial charge is 0.482 e. The molecule has 1 unspecified atom stereocenters. The maximum Gasteiger partial charge on any atom is 0.416 e. The number of rotatable bonds is 11. The Morgan fingerprint density at radius 2 is 1.83 bits per heavy atom. The topological polar surface area (TPSA) is 77.9 Å².